The molecule has 0 saturated heterocycles. The van der Waals surface area contributed by atoms with Crippen LogP contribution in [0.3, 0.4) is 0 Å². The molecule has 0 unspecified atom stereocenters. The van der Waals surface area contributed by atoms with E-state index in [4.69, 9.17) is 0 Å². The Kier molecular flexibility index (Phi) is 4.60. The first-order chi connectivity index (χ1) is 13.0. The predicted molar refractivity (Wildman–Crippen MR) is 119 cm³/mol. The van der Waals surface area contributed by atoms with E-state index in [2.05, 4.69) is 11.9 Å². The number of carbonyl (C=O) groups excluding carboxylic acids is 1. The predicted octanol–water partition coefficient (Wildman–Crippen LogP) is 4.67. The molecule has 3 nitrogen and oxygen atoms in total. The molecular formula is C21H16BNO2S2. The largest absolute Gasteiger partial charge is 0.508 e. The summed E-state index contributed by atoms with van der Waals surface area (Å²) in [4.78, 5) is 12.7. The third kappa shape index (κ3) is 3.41. The van der Waals surface area contributed by atoms with Gasteiger partial charge in [0, 0.05) is 21.2 Å². The number of amides is 1. The summed E-state index contributed by atoms with van der Waals surface area (Å²) in [7, 11) is 2.03. The molecule has 4 rings (SSSR count). The normalized spacial score (nSPS) is 10.8. The standard InChI is InChI=1S/C21H16BNO2S2/c1-12(24)19-17(13-2-5-16(22)6-3-13)11-27-21(19)23-20(25)15-4-7-18-14(10-15)8-9-26-18/h2-11,24H,1,22H2,(H,23,25). The highest BCUT2D eigenvalue weighted by Crippen LogP contribution is 2.39. The van der Waals surface area contributed by atoms with E-state index < -0.39 is 0 Å². The smallest absolute Gasteiger partial charge is 0.256 e. The van der Waals surface area contributed by atoms with Gasteiger partial charge in [-0.25, -0.2) is 0 Å². The van der Waals surface area contributed by atoms with Gasteiger partial charge in [-0.05, 0) is 40.6 Å². The summed E-state index contributed by atoms with van der Waals surface area (Å²) >= 11 is 3.03. The van der Waals surface area contributed by atoms with Gasteiger partial charge in [-0.1, -0.05) is 36.3 Å². The fourth-order valence-electron chi connectivity index (χ4n) is 2.97. The minimum absolute atomic E-state index is 0.0598. The van der Waals surface area contributed by atoms with E-state index in [1.165, 1.54) is 11.3 Å². The Morgan fingerprint density at radius 1 is 1.07 bits per heavy atom. The zero-order valence-corrected chi connectivity index (χ0v) is 16.3. The molecular weight excluding hydrogens is 373 g/mol. The van der Waals surface area contributed by atoms with Crippen molar-refractivity contribution in [3.63, 3.8) is 0 Å². The molecule has 132 valence electrons. The quantitative estimate of drug-likeness (QED) is 0.394. The highest BCUT2D eigenvalue weighted by Gasteiger charge is 2.18. The highest BCUT2D eigenvalue weighted by atomic mass is 32.1. The van der Waals surface area contributed by atoms with E-state index in [9.17, 15) is 9.90 Å². The molecule has 0 aliphatic rings. The molecule has 0 saturated carbocycles. The van der Waals surface area contributed by atoms with Crippen LogP contribution < -0.4 is 10.8 Å². The zero-order valence-electron chi connectivity index (χ0n) is 14.7. The Balaban J connectivity index is 1.68. The molecule has 2 aromatic carbocycles. The Bertz CT molecular complexity index is 1160. The van der Waals surface area contributed by atoms with E-state index in [0.717, 1.165) is 26.7 Å². The van der Waals surface area contributed by atoms with Crippen molar-refractivity contribution in [2.45, 2.75) is 0 Å². The molecule has 6 heteroatoms. The van der Waals surface area contributed by atoms with Crippen molar-refractivity contribution in [1.82, 2.24) is 0 Å². The number of nitrogens with one attached hydrogen (secondary N) is 1. The van der Waals surface area contributed by atoms with E-state index in [1.807, 2.05) is 67.1 Å². The number of carbonyl (C=O) groups is 1. The van der Waals surface area contributed by atoms with Crippen LogP contribution in [0.25, 0.3) is 27.0 Å². The minimum atomic E-state index is -0.206. The number of aliphatic hydroxyl groups is 1. The molecule has 0 radical (unpaired) electrons. The molecule has 0 fully saturated rings. The van der Waals surface area contributed by atoms with E-state index in [1.54, 1.807) is 11.3 Å². The average Bonchev–Trinajstić information content (AvgIpc) is 3.28. The molecule has 0 bridgehead atoms. The van der Waals surface area contributed by atoms with Gasteiger partial charge in [0.2, 0.25) is 0 Å². The number of benzene rings is 2. The van der Waals surface area contributed by atoms with Crippen LogP contribution in [-0.2, 0) is 0 Å². The van der Waals surface area contributed by atoms with Crippen molar-refractivity contribution in [3.8, 4) is 11.1 Å². The first-order valence-electron chi connectivity index (χ1n) is 8.38. The molecule has 2 heterocycles. The SMILES string of the molecule is Bc1ccc(-c2csc(NC(=O)c3ccc4sccc4c3)c2C(=C)O)cc1. The molecule has 1 amide bonds. The Morgan fingerprint density at radius 3 is 2.59 bits per heavy atom. The Labute approximate surface area is 166 Å². The van der Waals surface area contributed by atoms with Crippen molar-refractivity contribution in [3.05, 3.63) is 77.0 Å². The zero-order chi connectivity index (χ0) is 19.0. The first-order valence-corrected chi connectivity index (χ1v) is 10.1. The fourth-order valence-corrected chi connectivity index (χ4v) is 4.72. The molecule has 0 aliphatic heterocycles. The van der Waals surface area contributed by atoms with Crippen LogP contribution in [0.4, 0.5) is 5.00 Å². The summed E-state index contributed by atoms with van der Waals surface area (Å²) in [5, 5.41) is 18.7. The van der Waals surface area contributed by atoms with Crippen LogP contribution in [-0.4, -0.2) is 18.9 Å². The van der Waals surface area contributed by atoms with Gasteiger partial charge in [-0.2, -0.15) is 0 Å². The third-order valence-electron chi connectivity index (χ3n) is 4.38. The maximum Gasteiger partial charge on any atom is 0.256 e. The number of fused-ring (bicyclic) bond motifs is 1. The maximum atomic E-state index is 12.7. The lowest BCUT2D eigenvalue weighted by Gasteiger charge is -2.09. The van der Waals surface area contributed by atoms with Gasteiger partial charge < -0.3 is 10.4 Å². The third-order valence-corrected chi connectivity index (χ3v) is 6.18. The molecule has 2 N–H and O–H groups in total. The number of thiophene rings is 2. The van der Waals surface area contributed by atoms with Gasteiger partial charge in [-0.15, -0.1) is 22.7 Å². The Hall–Kier alpha value is -2.83. The second-order valence-corrected chi connectivity index (χ2v) is 8.12. The van der Waals surface area contributed by atoms with Gasteiger partial charge in [0.1, 0.15) is 18.6 Å². The molecule has 0 atom stereocenters. The van der Waals surface area contributed by atoms with Crippen LogP contribution in [0.2, 0.25) is 0 Å². The van der Waals surface area contributed by atoms with Gasteiger partial charge in [0.25, 0.3) is 5.91 Å². The van der Waals surface area contributed by atoms with Gasteiger partial charge in [-0.3, -0.25) is 4.79 Å². The number of hydrogen-bond donors (Lipinski definition) is 2. The van der Waals surface area contributed by atoms with E-state index in [0.29, 0.717) is 16.1 Å². The van der Waals surface area contributed by atoms with Crippen LogP contribution >= 0.6 is 22.7 Å². The van der Waals surface area contributed by atoms with Crippen LogP contribution in [0.15, 0.2) is 65.9 Å². The van der Waals surface area contributed by atoms with Crippen LogP contribution in [0, 0.1) is 0 Å². The van der Waals surface area contributed by atoms with Crippen LogP contribution in [0.1, 0.15) is 15.9 Å². The van der Waals surface area contributed by atoms with Crippen molar-refractivity contribution in [2.24, 2.45) is 0 Å². The second kappa shape index (κ2) is 7.06. The summed E-state index contributed by atoms with van der Waals surface area (Å²) in [5.41, 5.74) is 4.14. The topological polar surface area (TPSA) is 49.3 Å². The molecule has 2 aromatic heterocycles. The number of anilines is 1. The lowest BCUT2D eigenvalue weighted by Crippen LogP contribution is -2.11. The summed E-state index contributed by atoms with van der Waals surface area (Å²) in [6.07, 6.45) is 0. The molecule has 0 spiro atoms. The minimum Gasteiger partial charge on any atom is -0.508 e. The van der Waals surface area contributed by atoms with Crippen molar-refractivity contribution >= 4 is 62.7 Å². The maximum absolute atomic E-state index is 12.7. The second-order valence-electron chi connectivity index (χ2n) is 6.29. The summed E-state index contributed by atoms with van der Waals surface area (Å²) in [6, 6.07) is 15.7. The fraction of sp³-hybridized carbons (Fsp3) is 0. The lowest BCUT2D eigenvalue weighted by molar-refractivity contribution is 0.102. The summed E-state index contributed by atoms with van der Waals surface area (Å²) < 4.78 is 1.15. The average molecular weight is 389 g/mol. The van der Waals surface area contributed by atoms with Crippen molar-refractivity contribution in [1.29, 1.82) is 0 Å². The van der Waals surface area contributed by atoms with Crippen LogP contribution in [0.5, 0.6) is 0 Å². The van der Waals surface area contributed by atoms with Crippen molar-refractivity contribution < 1.29 is 9.90 Å². The van der Waals surface area contributed by atoms with Gasteiger partial charge in [0.05, 0.1) is 5.56 Å². The van der Waals surface area contributed by atoms with E-state index >= 15 is 0 Å². The summed E-state index contributed by atoms with van der Waals surface area (Å²) in [6.45, 7) is 3.69. The van der Waals surface area contributed by atoms with Crippen molar-refractivity contribution in [2.75, 3.05) is 5.32 Å². The molecule has 27 heavy (non-hydrogen) atoms. The number of aliphatic hydroxyl groups excluding tert-OH is 1. The van der Waals surface area contributed by atoms with E-state index in [-0.39, 0.29) is 11.7 Å². The molecule has 4 aromatic rings. The van der Waals surface area contributed by atoms with Gasteiger partial charge in [0.15, 0.2) is 0 Å². The number of hydrogen-bond acceptors (Lipinski definition) is 4. The lowest BCUT2D eigenvalue weighted by atomic mass is 9.93. The monoisotopic (exact) mass is 389 g/mol. The molecule has 0 aliphatic carbocycles. The van der Waals surface area contributed by atoms with Gasteiger partial charge >= 0.3 is 0 Å². The number of rotatable bonds is 4. The first kappa shape index (κ1) is 17.6. The highest BCUT2D eigenvalue weighted by molar-refractivity contribution is 7.17. The Morgan fingerprint density at radius 2 is 1.85 bits per heavy atom. The summed E-state index contributed by atoms with van der Waals surface area (Å²) in [5.74, 6) is -0.265.